The third kappa shape index (κ3) is 3.98. The Bertz CT molecular complexity index is 1220. The second-order valence-corrected chi connectivity index (χ2v) is 8.08. The second-order valence-electron chi connectivity index (χ2n) is 8.08. The van der Waals surface area contributed by atoms with Crippen LogP contribution in [0.15, 0.2) is 53.4 Å². The molecule has 0 bridgehead atoms. The molecule has 0 N–H and O–H groups in total. The molecule has 9 heteroatoms. The lowest BCUT2D eigenvalue weighted by Crippen LogP contribution is -2.34. The van der Waals surface area contributed by atoms with Crippen LogP contribution < -0.4 is 4.90 Å². The molecular formula is C23H22F2N6O. The predicted octanol–water partition coefficient (Wildman–Crippen LogP) is 4.56. The van der Waals surface area contributed by atoms with Crippen molar-refractivity contribution in [1.82, 2.24) is 24.9 Å². The number of halogens is 2. The van der Waals surface area contributed by atoms with E-state index in [1.165, 1.54) is 18.5 Å². The number of anilines is 1. The first kappa shape index (κ1) is 20.3. The minimum Gasteiger partial charge on any atom is -0.364 e. The van der Waals surface area contributed by atoms with Gasteiger partial charge in [-0.05, 0) is 30.9 Å². The van der Waals surface area contributed by atoms with Crippen LogP contribution in [-0.2, 0) is 6.54 Å². The lowest BCUT2D eigenvalue weighted by molar-refractivity contribution is 0.421. The van der Waals surface area contributed by atoms with Crippen LogP contribution in [0.2, 0.25) is 0 Å². The number of hydrogen-bond acceptors (Lipinski definition) is 6. The van der Waals surface area contributed by atoms with Crippen LogP contribution in [0.4, 0.5) is 14.6 Å². The summed E-state index contributed by atoms with van der Waals surface area (Å²) in [6.07, 6.45) is 4.62. The fourth-order valence-corrected chi connectivity index (χ4v) is 3.91. The first-order valence-electron chi connectivity index (χ1n) is 10.6. The summed E-state index contributed by atoms with van der Waals surface area (Å²) >= 11 is 0. The van der Waals surface area contributed by atoms with Gasteiger partial charge in [-0.15, -0.1) is 0 Å². The second kappa shape index (κ2) is 8.49. The molecule has 1 aromatic carbocycles. The van der Waals surface area contributed by atoms with E-state index in [0.29, 0.717) is 34.4 Å². The molecule has 1 saturated heterocycles. The van der Waals surface area contributed by atoms with Crippen LogP contribution in [0, 0.1) is 17.6 Å². The molecule has 32 heavy (non-hydrogen) atoms. The standard InChI is InChI=1S/C23H22F2N6O/c1-15-6-9-30(10-7-15)23-18(25)13-26-22(27-23)20-12-21(19-8-11-32-29-19)31(28-20)14-16-4-2-3-5-17(16)24/h2-5,8,11-13,15H,6-7,9-10,14H2,1H3. The Labute approximate surface area is 183 Å². The molecule has 7 nitrogen and oxygen atoms in total. The van der Waals surface area contributed by atoms with Gasteiger partial charge in [-0.1, -0.05) is 30.3 Å². The molecule has 0 atom stereocenters. The maximum atomic E-state index is 14.6. The van der Waals surface area contributed by atoms with Crippen molar-refractivity contribution in [2.24, 2.45) is 5.92 Å². The largest absolute Gasteiger partial charge is 0.364 e. The number of piperidine rings is 1. The van der Waals surface area contributed by atoms with E-state index in [9.17, 15) is 8.78 Å². The quantitative estimate of drug-likeness (QED) is 0.457. The van der Waals surface area contributed by atoms with Gasteiger partial charge >= 0.3 is 0 Å². The van der Waals surface area contributed by atoms with Gasteiger partial charge in [-0.2, -0.15) is 5.10 Å². The Balaban J connectivity index is 1.53. The Morgan fingerprint density at radius 1 is 1.06 bits per heavy atom. The minimum absolute atomic E-state index is 0.187. The molecule has 4 heterocycles. The van der Waals surface area contributed by atoms with Crippen LogP contribution in [0.25, 0.3) is 22.9 Å². The Morgan fingerprint density at radius 2 is 1.88 bits per heavy atom. The van der Waals surface area contributed by atoms with Gasteiger partial charge in [0.05, 0.1) is 18.4 Å². The van der Waals surface area contributed by atoms with Crippen molar-refractivity contribution in [2.75, 3.05) is 18.0 Å². The van der Waals surface area contributed by atoms with Gasteiger partial charge in [-0.25, -0.2) is 18.7 Å². The average Bonchev–Trinajstić information content (AvgIpc) is 3.46. The van der Waals surface area contributed by atoms with Gasteiger partial charge in [0.2, 0.25) is 0 Å². The molecule has 1 aliphatic heterocycles. The summed E-state index contributed by atoms with van der Waals surface area (Å²) in [5.41, 5.74) is 2.10. The van der Waals surface area contributed by atoms with Gasteiger partial charge in [-0.3, -0.25) is 4.68 Å². The van der Waals surface area contributed by atoms with Crippen molar-refractivity contribution in [3.05, 3.63) is 66.1 Å². The average molecular weight is 436 g/mol. The highest BCUT2D eigenvalue weighted by Gasteiger charge is 2.23. The zero-order valence-corrected chi connectivity index (χ0v) is 17.6. The van der Waals surface area contributed by atoms with E-state index in [2.05, 4.69) is 27.1 Å². The highest BCUT2D eigenvalue weighted by atomic mass is 19.1. The number of nitrogens with zero attached hydrogens (tertiary/aromatic N) is 6. The number of aromatic nitrogens is 5. The molecule has 164 valence electrons. The third-order valence-electron chi connectivity index (χ3n) is 5.80. The van der Waals surface area contributed by atoms with E-state index in [0.717, 1.165) is 25.9 Å². The van der Waals surface area contributed by atoms with Gasteiger partial charge in [0.15, 0.2) is 17.5 Å². The van der Waals surface area contributed by atoms with E-state index < -0.39 is 5.82 Å². The topological polar surface area (TPSA) is 72.9 Å². The fraction of sp³-hybridized carbons (Fsp3) is 0.304. The van der Waals surface area contributed by atoms with Crippen molar-refractivity contribution in [1.29, 1.82) is 0 Å². The first-order chi connectivity index (χ1) is 15.6. The molecule has 5 rings (SSSR count). The summed E-state index contributed by atoms with van der Waals surface area (Å²) in [6.45, 7) is 3.89. The molecule has 0 saturated carbocycles. The lowest BCUT2D eigenvalue weighted by Gasteiger charge is -2.31. The van der Waals surface area contributed by atoms with E-state index >= 15 is 0 Å². The Kier molecular flexibility index (Phi) is 5.38. The summed E-state index contributed by atoms with van der Waals surface area (Å²) in [4.78, 5) is 10.6. The van der Waals surface area contributed by atoms with Crippen molar-refractivity contribution < 1.29 is 13.3 Å². The predicted molar refractivity (Wildman–Crippen MR) is 115 cm³/mol. The highest BCUT2D eigenvalue weighted by Crippen LogP contribution is 2.28. The number of hydrogen-bond donors (Lipinski definition) is 0. The van der Waals surface area contributed by atoms with Gasteiger partial charge in [0.1, 0.15) is 23.5 Å². The van der Waals surface area contributed by atoms with E-state index in [1.54, 1.807) is 35.0 Å². The van der Waals surface area contributed by atoms with Crippen LogP contribution >= 0.6 is 0 Å². The normalized spacial score (nSPS) is 14.8. The Hall–Kier alpha value is -3.62. The van der Waals surface area contributed by atoms with Crippen molar-refractivity contribution in [3.8, 4) is 22.9 Å². The maximum absolute atomic E-state index is 14.6. The molecule has 4 aromatic rings. The minimum atomic E-state index is -0.453. The summed E-state index contributed by atoms with van der Waals surface area (Å²) in [5.74, 6) is 0.432. The molecular weight excluding hydrogens is 414 g/mol. The SMILES string of the molecule is CC1CCN(c2nc(-c3cc(-c4ccon4)n(Cc4ccccc4F)n3)ncc2F)CC1. The molecule has 0 amide bonds. The maximum Gasteiger partial charge on any atom is 0.183 e. The highest BCUT2D eigenvalue weighted by molar-refractivity contribution is 5.63. The molecule has 1 fully saturated rings. The Morgan fingerprint density at radius 3 is 2.62 bits per heavy atom. The van der Waals surface area contributed by atoms with Crippen LogP contribution in [0.5, 0.6) is 0 Å². The summed E-state index contributed by atoms with van der Waals surface area (Å²) in [7, 11) is 0. The number of rotatable bonds is 5. The molecule has 0 aliphatic carbocycles. The van der Waals surface area contributed by atoms with Crippen molar-refractivity contribution >= 4 is 5.82 Å². The summed E-state index contributed by atoms with van der Waals surface area (Å²) in [6, 6.07) is 9.98. The monoisotopic (exact) mass is 436 g/mol. The smallest absolute Gasteiger partial charge is 0.183 e. The number of benzene rings is 1. The van der Waals surface area contributed by atoms with Crippen LogP contribution in [-0.4, -0.2) is 38.0 Å². The van der Waals surface area contributed by atoms with E-state index in [4.69, 9.17) is 4.52 Å². The van der Waals surface area contributed by atoms with Gasteiger partial charge in [0.25, 0.3) is 0 Å². The van der Waals surface area contributed by atoms with Crippen LogP contribution in [0.1, 0.15) is 25.3 Å². The van der Waals surface area contributed by atoms with Crippen molar-refractivity contribution in [3.63, 3.8) is 0 Å². The van der Waals surface area contributed by atoms with E-state index in [1.807, 2.05) is 4.90 Å². The van der Waals surface area contributed by atoms with E-state index in [-0.39, 0.29) is 18.2 Å². The van der Waals surface area contributed by atoms with Crippen LogP contribution in [0.3, 0.4) is 0 Å². The third-order valence-corrected chi connectivity index (χ3v) is 5.80. The first-order valence-corrected chi connectivity index (χ1v) is 10.6. The molecule has 0 unspecified atom stereocenters. The zero-order chi connectivity index (χ0) is 22.1. The molecule has 0 spiro atoms. The fourth-order valence-electron chi connectivity index (χ4n) is 3.91. The lowest BCUT2D eigenvalue weighted by atomic mass is 9.99. The molecule has 3 aromatic heterocycles. The summed E-state index contributed by atoms with van der Waals surface area (Å²) < 4.78 is 35.4. The zero-order valence-electron chi connectivity index (χ0n) is 17.6. The summed E-state index contributed by atoms with van der Waals surface area (Å²) in [5, 5.41) is 8.59. The van der Waals surface area contributed by atoms with Gasteiger partial charge < -0.3 is 9.42 Å². The van der Waals surface area contributed by atoms with Gasteiger partial charge in [0, 0.05) is 24.7 Å². The molecule has 1 aliphatic rings. The molecule has 0 radical (unpaired) electrons. The van der Waals surface area contributed by atoms with Crippen molar-refractivity contribution in [2.45, 2.75) is 26.3 Å².